The summed E-state index contributed by atoms with van der Waals surface area (Å²) in [4.78, 5) is 13.7. The number of morpholine rings is 1. The highest BCUT2D eigenvalue weighted by Gasteiger charge is 2.32. The summed E-state index contributed by atoms with van der Waals surface area (Å²) < 4.78 is 10.1. The van der Waals surface area contributed by atoms with Gasteiger partial charge in [-0.25, -0.2) is 0 Å². The first-order chi connectivity index (χ1) is 7.31. The highest BCUT2D eigenvalue weighted by atomic mass is 16.5. The van der Waals surface area contributed by atoms with Crippen LogP contribution in [0.2, 0.25) is 0 Å². The van der Waals surface area contributed by atoms with Gasteiger partial charge in [-0.1, -0.05) is 6.42 Å². The van der Waals surface area contributed by atoms with E-state index in [9.17, 15) is 4.79 Å². The third-order valence-corrected chi connectivity index (χ3v) is 3.43. The summed E-state index contributed by atoms with van der Waals surface area (Å²) in [6.07, 6.45) is 3.97. The molecule has 2 rings (SSSR count). The van der Waals surface area contributed by atoms with Crippen molar-refractivity contribution in [3.8, 4) is 0 Å². The van der Waals surface area contributed by atoms with Gasteiger partial charge in [-0.15, -0.1) is 0 Å². The molecular weight excluding hydrogens is 194 g/mol. The number of hydrogen-bond acceptors (Lipinski definition) is 4. The normalized spacial score (nSPS) is 28.5. The molecule has 2 fully saturated rings. The molecule has 0 N–H and O–H groups in total. The standard InChI is InChI=1S/C11H19NO3/c1-14-11(13)10-8-15-6-5-12(10)7-9-3-2-4-9/h9-10H,2-8H2,1H3. The van der Waals surface area contributed by atoms with E-state index in [0.717, 1.165) is 25.6 Å². The predicted molar refractivity (Wildman–Crippen MR) is 55.5 cm³/mol. The molecule has 15 heavy (non-hydrogen) atoms. The van der Waals surface area contributed by atoms with Crippen molar-refractivity contribution < 1.29 is 14.3 Å². The molecule has 1 heterocycles. The van der Waals surface area contributed by atoms with Gasteiger partial charge in [0, 0.05) is 13.1 Å². The molecule has 0 amide bonds. The fraction of sp³-hybridized carbons (Fsp3) is 0.909. The monoisotopic (exact) mass is 213 g/mol. The molecule has 0 aromatic carbocycles. The summed E-state index contributed by atoms with van der Waals surface area (Å²) in [5.41, 5.74) is 0. The second kappa shape index (κ2) is 4.94. The van der Waals surface area contributed by atoms with E-state index in [1.54, 1.807) is 0 Å². The van der Waals surface area contributed by atoms with Crippen LogP contribution in [0.3, 0.4) is 0 Å². The Labute approximate surface area is 90.5 Å². The number of ether oxygens (including phenoxy) is 2. The number of carbonyl (C=O) groups excluding carboxylic acids is 1. The fourth-order valence-corrected chi connectivity index (χ4v) is 2.22. The molecular formula is C11H19NO3. The molecule has 86 valence electrons. The SMILES string of the molecule is COC(=O)C1COCCN1CC1CCC1. The van der Waals surface area contributed by atoms with Gasteiger partial charge >= 0.3 is 5.97 Å². The van der Waals surface area contributed by atoms with Gasteiger partial charge in [0.25, 0.3) is 0 Å². The Bertz CT molecular complexity index is 228. The van der Waals surface area contributed by atoms with Crippen molar-refractivity contribution in [2.45, 2.75) is 25.3 Å². The lowest BCUT2D eigenvalue weighted by Crippen LogP contribution is -2.52. The first kappa shape index (κ1) is 10.9. The van der Waals surface area contributed by atoms with Gasteiger partial charge in [0.2, 0.25) is 0 Å². The van der Waals surface area contributed by atoms with Gasteiger partial charge in [0.1, 0.15) is 6.04 Å². The number of nitrogens with zero attached hydrogens (tertiary/aromatic N) is 1. The van der Waals surface area contributed by atoms with Gasteiger partial charge in [-0.3, -0.25) is 9.69 Å². The van der Waals surface area contributed by atoms with Crippen molar-refractivity contribution in [3.05, 3.63) is 0 Å². The number of carbonyl (C=O) groups is 1. The molecule has 1 saturated heterocycles. The van der Waals surface area contributed by atoms with Crippen molar-refractivity contribution >= 4 is 5.97 Å². The summed E-state index contributed by atoms with van der Waals surface area (Å²) in [5.74, 6) is 0.629. The van der Waals surface area contributed by atoms with Crippen LogP contribution in [0.5, 0.6) is 0 Å². The Balaban J connectivity index is 1.89. The summed E-state index contributed by atoms with van der Waals surface area (Å²) in [6, 6.07) is -0.177. The number of methoxy groups -OCH3 is 1. The lowest BCUT2D eigenvalue weighted by molar-refractivity contribution is -0.154. The molecule has 0 bridgehead atoms. The Kier molecular flexibility index (Phi) is 3.59. The molecule has 4 nitrogen and oxygen atoms in total. The van der Waals surface area contributed by atoms with Crippen molar-refractivity contribution in [1.82, 2.24) is 4.90 Å². The van der Waals surface area contributed by atoms with Gasteiger partial charge in [0.05, 0.1) is 20.3 Å². The zero-order valence-corrected chi connectivity index (χ0v) is 9.28. The molecule has 0 aromatic heterocycles. The highest BCUT2D eigenvalue weighted by molar-refractivity contribution is 5.75. The predicted octanol–water partition coefficient (Wildman–Crippen LogP) is 0.660. The van der Waals surface area contributed by atoms with Gasteiger partial charge in [-0.05, 0) is 18.8 Å². The Morgan fingerprint density at radius 3 is 2.93 bits per heavy atom. The average molecular weight is 213 g/mol. The van der Waals surface area contributed by atoms with Gasteiger partial charge < -0.3 is 9.47 Å². The second-order valence-electron chi connectivity index (χ2n) is 4.41. The number of hydrogen-bond donors (Lipinski definition) is 0. The number of esters is 1. The summed E-state index contributed by atoms with van der Waals surface area (Å²) in [7, 11) is 1.44. The summed E-state index contributed by atoms with van der Waals surface area (Å²) in [5, 5.41) is 0. The molecule has 1 unspecified atom stereocenters. The average Bonchev–Trinajstić information content (AvgIpc) is 2.23. The lowest BCUT2D eigenvalue weighted by Gasteiger charge is -2.38. The Hall–Kier alpha value is -0.610. The molecule has 1 saturated carbocycles. The minimum absolute atomic E-state index is 0.158. The smallest absolute Gasteiger partial charge is 0.325 e. The van der Waals surface area contributed by atoms with Crippen LogP contribution in [-0.2, 0) is 14.3 Å². The maximum absolute atomic E-state index is 11.5. The minimum atomic E-state index is -0.177. The van der Waals surface area contributed by atoms with Crippen LogP contribution in [0.15, 0.2) is 0 Å². The topological polar surface area (TPSA) is 38.8 Å². The van der Waals surface area contributed by atoms with Gasteiger partial charge in [0.15, 0.2) is 0 Å². The van der Waals surface area contributed by atoms with E-state index < -0.39 is 0 Å². The Morgan fingerprint density at radius 2 is 2.33 bits per heavy atom. The maximum atomic E-state index is 11.5. The molecule has 4 heteroatoms. The fourth-order valence-electron chi connectivity index (χ4n) is 2.22. The first-order valence-electron chi connectivity index (χ1n) is 5.71. The summed E-state index contributed by atoms with van der Waals surface area (Å²) >= 11 is 0. The van der Waals surface area contributed by atoms with E-state index in [-0.39, 0.29) is 12.0 Å². The van der Waals surface area contributed by atoms with Crippen LogP contribution in [0, 0.1) is 5.92 Å². The van der Waals surface area contributed by atoms with E-state index in [0.29, 0.717) is 6.61 Å². The summed E-state index contributed by atoms with van der Waals surface area (Å²) in [6.45, 7) is 3.11. The van der Waals surface area contributed by atoms with Gasteiger partial charge in [-0.2, -0.15) is 0 Å². The van der Waals surface area contributed by atoms with E-state index in [1.165, 1.54) is 26.4 Å². The van der Waals surface area contributed by atoms with Crippen molar-refractivity contribution in [2.24, 2.45) is 5.92 Å². The third kappa shape index (κ3) is 2.49. The van der Waals surface area contributed by atoms with Crippen LogP contribution in [0.25, 0.3) is 0 Å². The number of rotatable bonds is 3. The van der Waals surface area contributed by atoms with Crippen LogP contribution in [-0.4, -0.2) is 50.3 Å². The maximum Gasteiger partial charge on any atom is 0.325 e. The van der Waals surface area contributed by atoms with Crippen LogP contribution in [0.4, 0.5) is 0 Å². The largest absolute Gasteiger partial charge is 0.468 e. The zero-order chi connectivity index (χ0) is 10.7. The van der Waals surface area contributed by atoms with Crippen molar-refractivity contribution in [1.29, 1.82) is 0 Å². The second-order valence-corrected chi connectivity index (χ2v) is 4.41. The van der Waals surface area contributed by atoms with Crippen LogP contribution >= 0.6 is 0 Å². The third-order valence-electron chi connectivity index (χ3n) is 3.43. The van der Waals surface area contributed by atoms with Crippen LogP contribution < -0.4 is 0 Å². The van der Waals surface area contributed by atoms with E-state index in [4.69, 9.17) is 9.47 Å². The molecule has 0 spiro atoms. The molecule has 0 aromatic rings. The van der Waals surface area contributed by atoms with Crippen LogP contribution in [0.1, 0.15) is 19.3 Å². The molecule has 2 aliphatic rings. The van der Waals surface area contributed by atoms with E-state index in [2.05, 4.69) is 4.90 Å². The van der Waals surface area contributed by atoms with Crippen molar-refractivity contribution in [3.63, 3.8) is 0 Å². The quantitative estimate of drug-likeness (QED) is 0.646. The molecule has 1 aliphatic carbocycles. The molecule has 1 atom stereocenters. The van der Waals surface area contributed by atoms with E-state index in [1.807, 2.05) is 0 Å². The van der Waals surface area contributed by atoms with Crippen molar-refractivity contribution in [2.75, 3.05) is 33.4 Å². The zero-order valence-electron chi connectivity index (χ0n) is 9.28. The Morgan fingerprint density at radius 1 is 1.53 bits per heavy atom. The molecule has 0 radical (unpaired) electrons. The molecule has 1 aliphatic heterocycles. The first-order valence-corrected chi connectivity index (χ1v) is 5.71. The van der Waals surface area contributed by atoms with E-state index >= 15 is 0 Å². The minimum Gasteiger partial charge on any atom is -0.468 e. The lowest BCUT2D eigenvalue weighted by atomic mass is 9.85. The highest BCUT2D eigenvalue weighted by Crippen LogP contribution is 2.28.